The highest BCUT2D eigenvalue weighted by Crippen LogP contribution is 1.71. The van der Waals surface area contributed by atoms with E-state index in [9.17, 15) is 4.79 Å². The van der Waals surface area contributed by atoms with Crippen LogP contribution in [0.1, 0.15) is 0 Å². The molecule has 4 N–H and O–H groups in total. The molecule has 0 aromatic rings. The summed E-state index contributed by atoms with van der Waals surface area (Å²) in [5.74, 6) is -1.18. The second-order valence-electron chi connectivity index (χ2n) is 1.13. The number of aliphatic carboxylic acids is 1. The summed E-state index contributed by atoms with van der Waals surface area (Å²) < 4.78 is 0. The van der Waals surface area contributed by atoms with E-state index in [1.165, 1.54) is 0 Å². The summed E-state index contributed by atoms with van der Waals surface area (Å²) in [7, 11) is 0. The van der Waals surface area contributed by atoms with Crippen molar-refractivity contribution in [2.75, 3.05) is 6.61 Å². The van der Waals surface area contributed by atoms with Crippen molar-refractivity contribution in [2.24, 2.45) is 5.73 Å². The normalized spacial score (nSPS) is 13.4. The number of carboxylic acids is 1. The summed E-state index contributed by atoms with van der Waals surface area (Å²) in [6.07, 6.45) is 0. The van der Waals surface area contributed by atoms with Gasteiger partial charge in [0.1, 0.15) is 6.04 Å². The van der Waals surface area contributed by atoms with E-state index in [4.69, 9.17) is 15.9 Å². The number of hydrogen-bond acceptors (Lipinski definition) is 3. The number of aliphatic hydroxyl groups excluding tert-OH is 1. The zero-order chi connectivity index (χ0) is 5.86. The first kappa shape index (κ1) is 6.39. The first-order valence-corrected chi connectivity index (χ1v) is 1.77. The van der Waals surface area contributed by atoms with Crippen LogP contribution in [0.15, 0.2) is 0 Å². The molecule has 0 unspecified atom stereocenters. The second kappa shape index (κ2) is 2.54. The van der Waals surface area contributed by atoms with Crippen molar-refractivity contribution in [3.05, 3.63) is 0 Å². The van der Waals surface area contributed by atoms with Crippen LogP contribution in [-0.4, -0.2) is 28.8 Å². The Hall–Kier alpha value is -0.610. The molecule has 0 aliphatic heterocycles. The van der Waals surface area contributed by atoms with E-state index in [2.05, 4.69) is 0 Å². The van der Waals surface area contributed by atoms with Gasteiger partial charge < -0.3 is 15.9 Å². The SMILES string of the molecule is N[14C@H]([14CH2]O)[14C](=O)O. The molecule has 0 rings (SSSR count). The van der Waals surface area contributed by atoms with Gasteiger partial charge in [0, 0.05) is 0 Å². The number of hydrogen-bond donors (Lipinski definition) is 3. The van der Waals surface area contributed by atoms with Crippen LogP contribution in [0.4, 0.5) is 0 Å². The Kier molecular flexibility index (Phi) is 2.32. The van der Waals surface area contributed by atoms with Gasteiger partial charge in [0.15, 0.2) is 0 Å². The largest absolute Gasteiger partial charge is 0.480 e. The molecule has 0 saturated carbocycles. The van der Waals surface area contributed by atoms with Gasteiger partial charge in [-0.25, -0.2) is 0 Å². The van der Waals surface area contributed by atoms with Crippen LogP contribution in [0.5, 0.6) is 0 Å². The van der Waals surface area contributed by atoms with E-state index in [0.717, 1.165) is 0 Å². The van der Waals surface area contributed by atoms with Gasteiger partial charge in [-0.05, 0) is 0 Å². The molecule has 0 heterocycles. The topological polar surface area (TPSA) is 83.5 Å². The summed E-state index contributed by atoms with van der Waals surface area (Å²) >= 11 is 0. The molecule has 0 aromatic carbocycles. The highest BCUT2D eigenvalue weighted by Gasteiger charge is 2.06. The molecule has 4 nitrogen and oxygen atoms in total. The number of aliphatic hydroxyl groups is 1. The lowest BCUT2D eigenvalue weighted by atomic mass is 12.2. The van der Waals surface area contributed by atoms with Crippen LogP contribution < -0.4 is 5.73 Å². The van der Waals surface area contributed by atoms with E-state index in [1.54, 1.807) is 0 Å². The van der Waals surface area contributed by atoms with Gasteiger partial charge in [-0.3, -0.25) is 4.79 Å². The van der Waals surface area contributed by atoms with E-state index < -0.39 is 18.6 Å². The van der Waals surface area contributed by atoms with Crippen molar-refractivity contribution in [2.45, 2.75) is 6.04 Å². The monoisotopic (exact) mass is 111 g/mol. The van der Waals surface area contributed by atoms with Gasteiger partial charge >= 0.3 is 5.97 Å². The van der Waals surface area contributed by atoms with Crippen molar-refractivity contribution < 1.29 is 15.0 Å². The van der Waals surface area contributed by atoms with Crippen molar-refractivity contribution in [3.8, 4) is 0 Å². The van der Waals surface area contributed by atoms with Crippen LogP contribution in [-0.2, 0) is 4.79 Å². The first-order valence-electron chi connectivity index (χ1n) is 1.77. The standard InChI is InChI=1S/C3H7NO3/c4-2(1-5)3(6)7/h2,5H,1,4H2,(H,6,7)/t2-/m1/s1/i1+2,2+2,3+2. The van der Waals surface area contributed by atoms with Gasteiger partial charge in [0.2, 0.25) is 0 Å². The Labute approximate surface area is 40.6 Å². The Morgan fingerprint density at radius 2 is 2.29 bits per heavy atom. The van der Waals surface area contributed by atoms with E-state index in [-0.39, 0.29) is 0 Å². The molecule has 0 fully saturated rings. The van der Waals surface area contributed by atoms with Crippen molar-refractivity contribution >= 4 is 5.97 Å². The Bertz CT molecular complexity index is 72.6. The average Bonchev–Trinajstić information content (AvgIpc) is 1.65. The highest BCUT2D eigenvalue weighted by molar-refractivity contribution is 5.73. The molecule has 0 amide bonds. The number of nitrogens with two attached hydrogens (primary N) is 1. The van der Waals surface area contributed by atoms with Crippen LogP contribution in [0.25, 0.3) is 0 Å². The minimum Gasteiger partial charge on any atom is -0.480 e. The fraction of sp³-hybridized carbons (Fsp3) is 0.667. The van der Waals surface area contributed by atoms with Crippen LogP contribution in [0.2, 0.25) is 0 Å². The lowest BCUT2D eigenvalue weighted by molar-refractivity contribution is -0.139. The molecule has 0 aliphatic rings. The Balaban J connectivity index is 3.34. The Morgan fingerprint density at radius 1 is 1.86 bits per heavy atom. The molecular weight excluding hydrogens is 104 g/mol. The highest BCUT2D eigenvalue weighted by atomic mass is 16.7. The molecule has 0 aliphatic carbocycles. The van der Waals surface area contributed by atoms with Gasteiger partial charge in [0.05, 0.1) is 6.61 Å². The smallest absolute Gasteiger partial charge is 0.322 e. The fourth-order valence-electron chi connectivity index (χ4n) is 0.0781. The number of carbonyl (C=O) groups is 1. The summed E-state index contributed by atoms with van der Waals surface area (Å²) in [5.41, 5.74) is 4.77. The van der Waals surface area contributed by atoms with Gasteiger partial charge in [-0.15, -0.1) is 0 Å². The number of carboxylic acid groups (broad SMARTS) is 1. The minimum absolute atomic E-state index is 0.505. The molecule has 4 heteroatoms. The molecule has 0 spiro atoms. The second-order valence-corrected chi connectivity index (χ2v) is 1.13. The van der Waals surface area contributed by atoms with Gasteiger partial charge in [-0.1, -0.05) is 0 Å². The Morgan fingerprint density at radius 3 is 2.29 bits per heavy atom. The lowest BCUT2D eigenvalue weighted by Crippen LogP contribution is -2.33. The third kappa shape index (κ3) is 2.13. The maximum Gasteiger partial charge on any atom is 0.322 e. The van der Waals surface area contributed by atoms with Gasteiger partial charge in [-0.2, -0.15) is 0 Å². The summed E-state index contributed by atoms with van der Waals surface area (Å²) in [5, 5.41) is 15.9. The summed E-state index contributed by atoms with van der Waals surface area (Å²) in [6.45, 7) is -0.505. The summed E-state index contributed by atoms with van der Waals surface area (Å²) in [4.78, 5) is 9.65. The van der Waals surface area contributed by atoms with Crippen LogP contribution in [0, 0.1) is 0 Å². The molecular formula is C3H7NO3. The zero-order valence-electron chi connectivity index (χ0n) is 3.66. The van der Waals surface area contributed by atoms with E-state index in [0.29, 0.717) is 0 Å². The van der Waals surface area contributed by atoms with Gasteiger partial charge in [0.25, 0.3) is 0 Å². The van der Waals surface area contributed by atoms with Crippen molar-refractivity contribution in [3.63, 3.8) is 0 Å². The number of rotatable bonds is 2. The predicted octanol–water partition coefficient (Wildman–Crippen LogP) is -1.61. The van der Waals surface area contributed by atoms with E-state index in [1.807, 2.05) is 0 Å². The fourth-order valence-corrected chi connectivity index (χ4v) is 0.0781. The van der Waals surface area contributed by atoms with E-state index >= 15 is 0 Å². The molecule has 0 radical (unpaired) electrons. The minimum atomic E-state index is -1.18. The first-order chi connectivity index (χ1) is 3.18. The third-order valence-electron chi connectivity index (χ3n) is 0.514. The average molecular weight is 111 g/mol. The van der Waals surface area contributed by atoms with Crippen LogP contribution >= 0.6 is 0 Å². The third-order valence-corrected chi connectivity index (χ3v) is 0.514. The molecule has 0 saturated heterocycles. The zero-order valence-corrected chi connectivity index (χ0v) is 3.66. The van der Waals surface area contributed by atoms with Crippen molar-refractivity contribution in [1.82, 2.24) is 0 Å². The van der Waals surface area contributed by atoms with Crippen LogP contribution in [0.3, 0.4) is 0 Å². The molecule has 0 bridgehead atoms. The quantitative estimate of drug-likeness (QED) is 0.400. The molecule has 7 heavy (non-hydrogen) atoms. The maximum absolute atomic E-state index is 9.65. The maximum atomic E-state index is 9.65. The summed E-state index contributed by atoms with van der Waals surface area (Å²) in [6, 6.07) is -1.13. The molecule has 42 valence electrons. The molecule has 1 atom stereocenters. The molecule has 0 aromatic heterocycles. The lowest BCUT2D eigenvalue weighted by Gasteiger charge is -1.96. The van der Waals surface area contributed by atoms with Crippen molar-refractivity contribution in [1.29, 1.82) is 0 Å². The predicted molar refractivity (Wildman–Crippen MR) is 22.7 cm³/mol.